The maximum Gasteiger partial charge on any atom is 0.255 e. The third-order valence-electron chi connectivity index (χ3n) is 5.23. The van der Waals surface area contributed by atoms with Gasteiger partial charge in [0.2, 0.25) is 0 Å². The number of nitrogens with one attached hydrogen (secondary N) is 1. The van der Waals surface area contributed by atoms with Gasteiger partial charge >= 0.3 is 0 Å². The summed E-state index contributed by atoms with van der Waals surface area (Å²) in [5.74, 6) is -0.252. The summed E-state index contributed by atoms with van der Waals surface area (Å²) < 4.78 is 25.0. The van der Waals surface area contributed by atoms with Crippen LogP contribution in [0.25, 0.3) is 10.9 Å². The Kier molecular flexibility index (Phi) is 6.95. The molecule has 1 aromatic heterocycles. The molecule has 2 aromatic carbocycles. The quantitative estimate of drug-likeness (QED) is 0.564. The highest BCUT2D eigenvalue weighted by Crippen LogP contribution is 2.21. The molecular formula is C23H29N3O3S. The van der Waals surface area contributed by atoms with Crippen molar-refractivity contribution in [3.05, 3.63) is 65.9 Å². The lowest BCUT2D eigenvalue weighted by Crippen LogP contribution is -2.26. The van der Waals surface area contributed by atoms with Crippen molar-refractivity contribution in [2.45, 2.75) is 26.1 Å². The van der Waals surface area contributed by atoms with Crippen LogP contribution in [0.5, 0.6) is 0 Å². The highest BCUT2D eigenvalue weighted by molar-refractivity contribution is 7.89. The predicted octanol–water partition coefficient (Wildman–Crippen LogP) is 3.78. The lowest BCUT2D eigenvalue weighted by atomic mass is 10.1. The molecule has 3 rings (SSSR count). The van der Waals surface area contributed by atoms with E-state index in [0.29, 0.717) is 11.1 Å². The molecule has 1 N–H and O–H groups in total. The molecule has 1 amide bonds. The van der Waals surface area contributed by atoms with E-state index in [9.17, 15) is 13.2 Å². The summed E-state index contributed by atoms with van der Waals surface area (Å²) in [4.78, 5) is 14.9. The Labute approximate surface area is 178 Å². The van der Waals surface area contributed by atoms with E-state index in [1.165, 1.54) is 6.26 Å². The molecule has 0 atom stereocenters. The minimum absolute atomic E-state index is 0.0309. The fraction of sp³-hybridized carbons (Fsp3) is 0.348. The highest BCUT2D eigenvalue weighted by atomic mass is 32.2. The molecule has 0 fully saturated rings. The first-order valence-corrected chi connectivity index (χ1v) is 12.2. The maximum atomic E-state index is 12.6. The molecule has 0 radical (unpaired) electrons. The van der Waals surface area contributed by atoms with Crippen LogP contribution in [-0.2, 0) is 22.1 Å². The van der Waals surface area contributed by atoms with Gasteiger partial charge in [-0.3, -0.25) is 4.79 Å². The summed E-state index contributed by atoms with van der Waals surface area (Å²) in [5, 5.41) is 4.00. The first-order valence-electron chi connectivity index (χ1n) is 10.2. The molecule has 7 heteroatoms. The summed E-state index contributed by atoms with van der Waals surface area (Å²) in [6, 6.07) is 14.6. The van der Waals surface area contributed by atoms with Gasteiger partial charge in [0.15, 0.2) is 9.84 Å². The largest absolute Gasteiger partial charge is 0.346 e. The maximum absolute atomic E-state index is 12.6. The molecule has 6 nitrogen and oxygen atoms in total. The van der Waals surface area contributed by atoms with Gasteiger partial charge in [-0.15, -0.1) is 0 Å². The van der Waals surface area contributed by atoms with E-state index in [-0.39, 0.29) is 11.7 Å². The van der Waals surface area contributed by atoms with Gasteiger partial charge in [-0.25, -0.2) is 8.42 Å². The van der Waals surface area contributed by atoms with Crippen LogP contribution in [0.3, 0.4) is 0 Å². The molecule has 0 spiro atoms. The summed E-state index contributed by atoms with van der Waals surface area (Å²) in [7, 11) is -3.10. The van der Waals surface area contributed by atoms with Gasteiger partial charge in [-0.05, 0) is 55.1 Å². The number of fused-ring (bicyclic) bond motifs is 1. The van der Waals surface area contributed by atoms with Gasteiger partial charge in [0, 0.05) is 47.7 Å². The molecule has 0 aliphatic rings. The number of anilines is 1. The van der Waals surface area contributed by atoms with Gasteiger partial charge in [0.25, 0.3) is 5.91 Å². The van der Waals surface area contributed by atoms with Crippen LogP contribution in [0.4, 0.5) is 5.69 Å². The van der Waals surface area contributed by atoms with Crippen LogP contribution >= 0.6 is 0 Å². The van der Waals surface area contributed by atoms with Gasteiger partial charge < -0.3 is 14.8 Å². The number of aromatic nitrogens is 1. The van der Waals surface area contributed by atoms with E-state index in [1.54, 1.807) is 24.3 Å². The number of benzene rings is 2. The molecule has 160 valence electrons. The zero-order valence-electron chi connectivity index (χ0n) is 17.8. The summed E-state index contributed by atoms with van der Waals surface area (Å²) >= 11 is 0. The van der Waals surface area contributed by atoms with Crippen molar-refractivity contribution in [2.24, 2.45) is 0 Å². The molecule has 0 aliphatic heterocycles. The first kappa shape index (κ1) is 22.1. The van der Waals surface area contributed by atoms with Crippen LogP contribution in [-0.4, -0.2) is 49.7 Å². The number of amides is 1. The number of rotatable bonds is 9. The van der Waals surface area contributed by atoms with Gasteiger partial charge in [-0.2, -0.15) is 0 Å². The number of sulfone groups is 1. The lowest BCUT2D eigenvalue weighted by Gasteiger charge is -2.18. The van der Waals surface area contributed by atoms with E-state index in [0.717, 1.165) is 42.8 Å². The summed E-state index contributed by atoms with van der Waals surface area (Å²) in [6.45, 7) is 8.36. The second-order valence-electron chi connectivity index (χ2n) is 7.53. The van der Waals surface area contributed by atoms with Crippen molar-refractivity contribution in [1.29, 1.82) is 0 Å². The first-order chi connectivity index (χ1) is 14.3. The summed E-state index contributed by atoms with van der Waals surface area (Å²) in [6.07, 6.45) is 3.28. The Morgan fingerprint density at radius 3 is 2.37 bits per heavy atom. The third kappa shape index (κ3) is 5.70. The molecule has 1 heterocycles. The van der Waals surface area contributed by atoms with Crippen LogP contribution in [0.1, 0.15) is 29.8 Å². The van der Waals surface area contributed by atoms with E-state index < -0.39 is 9.84 Å². The minimum Gasteiger partial charge on any atom is -0.346 e. The van der Waals surface area contributed by atoms with Crippen molar-refractivity contribution < 1.29 is 13.2 Å². The fourth-order valence-corrected chi connectivity index (χ4v) is 4.32. The third-order valence-corrected chi connectivity index (χ3v) is 6.08. The molecule has 30 heavy (non-hydrogen) atoms. The van der Waals surface area contributed by atoms with Crippen molar-refractivity contribution in [1.82, 2.24) is 9.47 Å². The number of hydrogen-bond donors (Lipinski definition) is 1. The van der Waals surface area contributed by atoms with Crippen LogP contribution in [0.15, 0.2) is 54.7 Å². The van der Waals surface area contributed by atoms with Gasteiger partial charge in [0.05, 0.1) is 5.75 Å². The molecule has 0 unspecified atom stereocenters. The van der Waals surface area contributed by atoms with Crippen molar-refractivity contribution in [3.8, 4) is 0 Å². The Balaban J connectivity index is 1.68. The van der Waals surface area contributed by atoms with Crippen molar-refractivity contribution in [3.63, 3.8) is 0 Å². The monoisotopic (exact) mass is 427 g/mol. The minimum atomic E-state index is -3.10. The van der Waals surface area contributed by atoms with E-state index >= 15 is 0 Å². The Morgan fingerprint density at radius 2 is 1.73 bits per heavy atom. The summed E-state index contributed by atoms with van der Waals surface area (Å²) in [5.41, 5.74) is 3.03. The zero-order valence-corrected chi connectivity index (χ0v) is 18.6. The molecule has 0 saturated carbocycles. The average Bonchev–Trinajstić information content (AvgIpc) is 3.10. The van der Waals surface area contributed by atoms with Crippen LogP contribution in [0.2, 0.25) is 0 Å². The molecule has 0 aliphatic carbocycles. The SMILES string of the molecule is CCN(CC)CCn1ccc2cc(NC(=O)c3ccc(CS(C)(=O)=O)cc3)ccc21. The Morgan fingerprint density at radius 1 is 1.03 bits per heavy atom. The number of carbonyl (C=O) groups excluding carboxylic acids is 1. The smallest absolute Gasteiger partial charge is 0.255 e. The number of hydrogen-bond acceptors (Lipinski definition) is 4. The Hall–Kier alpha value is -2.64. The molecule has 3 aromatic rings. The average molecular weight is 428 g/mol. The Bertz CT molecular complexity index is 1110. The predicted molar refractivity (Wildman–Crippen MR) is 123 cm³/mol. The van der Waals surface area contributed by atoms with E-state index in [1.807, 2.05) is 18.2 Å². The second-order valence-corrected chi connectivity index (χ2v) is 9.67. The number of carbonyl (C=O) groups is 1. The molecule has 0 saturated heterocycles. The van der Waals surface area contributed by atoms with E-state index in [2.05, 4.69) is 40.9 Å². The van der Waals surface area contributed by atoms with Crippen molar-refractivity contribution in [2.75, 3.05) is 31.2 Å². The fourth-order valence-electron chi connectivity index (χ4n) is 3.52. The molecular weight excluding hydrogens is 398 g/mol. The van der Waals surface area contributed by atoms with Crippen molar-refractivity contribution >= 4 is 32.3 Å². The van der Waals surface area contributed by atoms with E-state index in [4.69, 9.17) is 0 Å². The van der Waals surface area contributed by atoms with Gasteiger partial charge in [-0.1, -0.05) is 26.0 Å². The topological polar surface area (TPSA) is 71.4 Å². The van der Waals surface area contributed by atoms with Crippen LogP contribution < -0.4 is 5.32 Å². The normalized spacial score (nSPS) is 11.9. The molecule has 0 bridgehead atoms. The number of nitrogens with zero attached hydrogens (tertiary/aromatic N) is 2. The zero-order chi connectivity index (χ0) is 21.7. The lowest BCUT2D eigenvalue weighted by molar-refractivity contribution is 0.102. The standard InChI is InChI=1S/C23H29N3O3S/c1-4-25(5-2)14-15-26-13-12-20-16-21(10-11-22(20)26)24-23(27)19-8-6-18(7-9-19)17-30(3,28)29/h6-13,16H,4-5,14-15,17H2,1-3H3,(H,24,27). The second kappa shape index (κ2) is 9.45. The van der Waals surface area contributed by atoms with Gasteiger partial charge in [0.1, 0.15) is 0 Å². The van der Waals surface area contributed by atoms with Crippen LogP contribution in [0, 0.1) is 0 Å². The number of likely N-dealkylation sites (N-methyl/N-ethyl adjacent to an activating group) is 1. The highest BCUT2D eigenvalue weighted by Gasteiger charge is 2.10.